The van der Waals surface area contributed by atoms with E-state index in [9.17, 15) is 9.59 Å². The number of hydrogen-bond donors (Lipinski definition) is 2. The summed E-state index contributed by atoms with van der Waals surface area (Å²) < 4.78 is 0. The fourth-order valence-corrected chi connectivity index (χ4v) is 3.03. The monoisotopic (exact) mass is 302 g/mol. The second kappa shape index (κ2) is 5.65. The highest BCUT2D eigenvalue weighted by molar-refractivity contribution is 7.12. The predicted molar refractivity (Wildman–Crippen MR) is 79.2 cm³/mol. The molecule has 1 fully saturated rings. The molecule has 0 radical (unpaired) electrons. The molecule has 0 atom stereocenters. The van der Waals surface area contributed by atoms with Crippen molar-refractivity contribution in [3.63, 3.8) is 0 Å². The van der Waals surface area contributed by atoms with Crippen LogP contribution in [0.4, 0.5) is 0 Å². The van der Waals surface area contributed by atoms with Crippen LogP contribution in [-0.2, 0) is 4.79 Å². The lowest BCUT2D eigenvalue weighted by molar-refractivity contribution is -0.145. The van der Waals surface area contributed by atoms with E-state index in [0.29, 0.717) is 17.8 Å². The van der Waals surface area contributed by atoms with Crippen molar-refractivity contribution >= 4 is 23.2 Å². The van der Waals surface area contributed by atoms with Crippen LogP contribution < -0.4 is 5.32 Å². The summed E-state index contributed by atoms with van der Waals surface area (Å²) in [6.45, 7) is 0. The topological polar surface area (TPSA) is 79.3 Å². The average Bonchev–Trinajstić information content (AvgIpc) is 2.92. The molecule has 1 aromatic carbocycles. The molecule has 6 heteroatoms. The first kappa shape index (κ1) is 13.8. The van der Waals surface area contributed by atoms with E-state index in [1.807, 2.05) is 35.7 Å². The molecule has 1 aliphatic rings. The lowest BCUT2D eigenvalue weighted by atomic mass is 9.80. The number of aliphatic carboxylic acids is 1. The number of amides is 1. The number of nitrogens with one attached hydrogen (secondary N) is 1. The van der Waals surface area contributed by atoms with Crippen LogP contribution in [-0.4, -0.2) is 28.0 Å². The van der Waals surface area contributed by atoms with Crippen LogP contribution in [0.1, 0.15) is 22.6 Å². The summed E-state index contributed by atoms with van der Waals surface area (Å²) in [5.74, 6) is -1.34. The Morgan fingerprint density at radius 3 is 2.62 bits per heavy atom. The van der Waals surface area contributed by atoms with Crippen molar-refractivity contribution in [3.8, 4) is 11.3 Å². The maximum atomic E-state index is 12.1. The first-order chi connectivity index (χ1) is 10.1. The third kappa shape index (κ3) is 2.95. The molecule has 3 rings (SSSR count). The van der Waals surface area contributed by atoms with Gasteiger partial charge < -0.3 is 10.4 Å². The van der Waals surface area contributed by atoms with Crippen molar-refractivity contribution in [1.29, 1.82) is 0 Å². The van der Waals surface area contributed by atoms with E-state index >= 15 is 0 Å². The van der Waals surface area contributed by atoms with Gasteiger partial charge in [-0.1, -0.05) is 30.3 Å². The third-order valence-corrected chi connectivity index (χ3v) is 4.43. The quantitative estimate of drug-likeness (QED) is 0.909. The molecule has 21 heavy (non-hydrogen) atoms. The SMILES string of the molecule is O=C(NC1CC(C(=O)O)C1)c1nc(-c2ccccc2)cs1. The molecular weight excluding hydrogens is 288 g/mol. The Labute approximate surface area is 125 Å². The molecule has 1 aromatic heterocycles. The number of aromatic nitrogens is 1. The van der Waals surface area contributed by atoms with E-state index < -0.39 is 5.97 Å². The van der Waals surface area contributed by atoms with Gasteiger partial charge in [0, 0.05) is 17.0 Å². The van der Waals surface area contributed by atoms with Gasteiger partial charge in [-0.25, -0.2) is 4.98 Å². The fourth-order valence-electron chi connectivity index (χ4n) is 2.30. The number of carboxylic acid groups (broad SMARTS) is 1. The van der Waals surface area contributed by atoms with Crippen LogP contribution >= 0.6 is 11.3 Å². The van der Waals surface area contributed by atoms with E-state index in [1.54, 1.807) is 0 Å². The first-order valence-corrected chi connectivity index (χ1v) is 7.56. The van der Waals surface area contributed by atoms with Crippen molar-refractivity contribution in [3.05, 3.63) is 40.7 Å². The summed E-state index contributed by atoms with van der Waals surface area (Å²) >= 11 is 1.30. The van der Waals surface area contributed by atoms with Gasteiger partial charge in [-0.2, -0.15) is 0 Å². The zero-order valence-corrected chi connectivity index (χ0v) is 12.0. The minimum Gasteiger partial charge on any atom is -0.481 e. The molecule has 1 saturated carbocycles. The van der Waals surface area contributed by atoms with E-state index in [4.69, 9.17) is 5.11 Å². The highest BCUT2D eigenvalue weighted by atomic mass is 32.1. The number of carboxylic acids is 1. The highest BCUT2D eigenvalue weighted by Gasteiger charge is 2.35. The average molecular weight is 302 g/mol. The largest absolute Gasteiger partial charge is 0.481 e. The van der Waals surface area contributed by atoms with Gasteiger partial charge >= 0.3 is 5.97 Å². The van der Waals surface area contributed by atoms with Crippen molar-refractivity contribution in [2.45, 2.75) is 18.9 Å². The van der Waals surface area contributed by atoms with E-state index in [0.717, 1.165) is 11.3 Å². The van der Waals surface area contributed by atoms with Crippen LogP contribution in [0.5, 0.6) is 0 Å². The molecule has 0 aliphatic heterocycles. The standard InChI is InChI=1S/C15H14N2O3S/c18-13(16-11-6-10(7-11)15(19)20)14-17-12(8-21-14)9-4-2-1-3-5-9/h1-5,8,10-11H,6-7H2,(H,16,18)(H,19,20). The molecule has 0 unspecified atom stereocenters. The van der Waals surface area contributed by atoms with Gasteiger partial charge in [0.25, 0.3) is 5.91 Å². The maximum Gasteiger partial charge on any atom is 0.306 e. The summed E-state index contributed by atoms with van der Waals surface area (Å²) in [5, 5.41) is 13.9. The zero-order valence-electron chi connectivity index (χ0n) is 11.2. The Morgan fingerprint density at radius 1 is 1.24 bits per heavy atom. The number of carbonyl (C=O) groups is 2. The lowest BCUT2D eigenvalue weighted by Gasteiger charge is -2.32. The summed E-state index contributed by atoms with van der Waals surface area (Å²) in [6, 6.07) is 9.62. The number of benzene rings is 1. The summed E-state index contributed by atoms with van der Waals surface area (Å²) in [7, 11) is 0. The third-order valence-electron chi connectivity index (χ3n) is 3.59. The normalized spacial score (nSPS) is 20.6. The van der Waals surface area contributed by atoms with Crippen molar-refractivity contribution in [2.75, 3.05) is 0 Å². The predicted octanol–water partition coefficient (Wildman–Crippen LogP) is 2.40. The summed E-state index contributed by atoms with van der Waals surface area (Å²) in [4.78, 5) is 27.1. The zero-order chi connectivity index (χ0) is 14.8. The highest BCUT2D eigenvalue weighted by Crippen LogP contribution is 2.28. The molecule has 0 spiro atoms. The summed E-state index contributed by atoms with van der Waals surface area (Å²) in [6.07, 6.45) is 0.996. The fraction of sp³-hybridized carbons (Fsp3) is 0.267. The van der Waals surface area contributed by atoms with Crippen molar-refractivity contribution in [2.24, 2.45) is 5.92 Å². The van der Waals surface area contributed by atoms with Gasteiger partial charge in [0.2, 0.25) is 0 Å². The minimum atomic E-state index is -0.791. The van der Waals surface area contributed by atoms with Gasteiger partial charge in [0.15, 0.2) is 5.01 Å². The molecule has 5 nitrogen and oxygen atoms in total. The van der Waals surface area contributed by atoms with Crippen LogP contribution in [0.3, 0.4) is 0 Å². The Hall–Kier alpha value is -2.21. The molecule has 0 bridgehead atoms. The Kier molecular flexibility index (Phi) is 3.70. The van der Waals surface area contributed by atoms with Crippen LogP contribution in [0.2, 0.25) is 0 Å². The van der Waals surface area contributed by atoms with E-state index in [-0.39, 0.29) is 17.9 Å². The molecule has 1 amide bonds. The second-order valence-electron chi connectivity index (χ2n) is 5.08. The number of rotatable bonds is 4. The molecule has 1 heterocycles. The molecule has 1 aliphatic carbocycles. The maximum absolute atomic E-state index is 12.1. The smallest absolute Gasteiger partial charge is 0.306 e. The van der Waals surface area contributed by atoms with Crippen molar-refractivity contribution < 1.29 is 14.7 Å². The Balaban J connectivity index is 1.62. The second-order valence-corrected chi connectivity index (χ2v) is 5.94. The number of nitrogens with zero attached hydrogens (tertiary/aromatic N) is 1. The Bertz CT molecular complexity index is 663. The van der Waals surface area contributed by atoms with Gasteiger partial charge in [0.05, 0.1) is 11.6 Å². The van der Waals surface area contributed by atoms with Gasteiger partial charge in [-0.15, -0.1) is 11.3 Å². The van der Waals surface area contributed by atoms with Gasteiger partial charge in [0.1, 0.15) is 0 Å². The number of hydrogen-bond acceptors (Lipinski definition) is 4. The first-order valence-electron chi connectivity index (χ1n) is 6.68. The van der Waals surface area contributed by atoms with Crippen molar-refractivity contribution in [1.82, 2.24) is 10.3 Å². The van der Waals surface area contributed by atoms with Crippen LogP contribution in [0, 0.1) is 5.92 Å². The minimum absolute atomic E-state index is 0.0531. The van der Waals surface area contributed by atoms with Gasteiger partial charge in [-0.3, -0.25) is 9.59 Å². The molecule has 2 aromatic rings. The van der Waals surface area contributed by atoms with Gasteiger partial charge in [-0.05, 0) is 12.8 Å². The molecule has 2 N–H and O–H groups in total. The Morgan fingerprint density at radius 2 is 1.95 bits per heavy atom. The molecule has 108 valence electrons. The van der Waals surface area contributed by atoms with E-state index in [2.05, 4.69) is 10.3 Å². The van der Waals surface area contributed by atoms with Crippen LogP contribution in [0.15, 0.2) is 35.7 Å². The lowest BCUT2D eigenvalue weighted by Crippen LogP contribution is -2.46. The van der Waals surface area contributed by atoms with E-state index in [1.165, 1.54) is 11.3 Å². The number of carbonyl (C=O) groups excluding carboxylic acids is 1. The summed E-state index contributed by atoms with van der Waals surface area (Å²) in [5.41, 5.74) is 1.75. The molecular formula is C15H14N2O3S. The molecule has 0 saturated heterocycles. The number of thiazole rings is 1. The van der Waals surface area contributed by atoms with Crippen LogP contribution in [0.25, 0.3) is 11.3 Å².